The van der Waals surface area contributed by atoms with Gasteiger partial charge in [-0.3, -0.25) is 15.0 Å². The Balaban J connectivity index is 1.80. The summed E-state index contributed by atoms with van der Waals surface area (Å²) >= 11 is 0. The highest BCUT2D eigenvalue weighted by atomic mass is 16.5. The summed E-state index contributed by atoms with van der Waals surface area (Å²) < 4.78 is 5.19. The third-order valence-corrected chi connectivity index (χ3v) is 4.89. The fourth-order valence-corrected chi connectivity index (χ4v) is 3.06. The summed E-state index contributed by atoms with van der Waals surface area (Å²) in [6.45, 7) is 5.70. The highest BCUT2D eigenvalue weighted by molar-refractivity contribution is 6.09. The normalized spacial score (nSPS) is 19.0. The summed E-state index contributed by atoms with van der Waals surface area (Å²) in [5.41, 5.74) is 3.11. The van der Waals surface area contributed by atoms with Crippen LogP contribution in [0.15, 0.2) is 48.5 Å². The number of methoxy groups -OCH3 is 1. The number of nitrogens with one attached hydrogen (secondary N) is 2. The minimum absolute atomic E-state index is 0.339. The topological polar surface area (TPSA) is 87.7 Å². The second-order valence-electron chi connectivity index (χ2n) is 7.15. The van der Waals surface area contributed by atoms with Gasteiger partial charge in [-0.15, -0.1) is 0 Å². The van der Waals surface area contributed by atoms with Crippen LogP contribution in [0.1, 0.15) is 48.2 Å². The van der Waals surface area contributed by atoms with E-state index in [1.807, 2.05) is 12.1 Å². The van der Waals surface area contributed by atoms with Crippen molar-refractivity contribution in [3.63, 3.8) is 0 Å². The lowest BCUT2D eigenvalue weighted by Gasteiger charge is -2.22. The Morgan fingerprint density at radius 3 is 2.43 bits per heavy atom. The third-order valence-electron chi connectivity index (χ3n) is 4.89. The van der Waals surface area contributed by atoms with E-state index in [4.69, 9.17) is 4.74 Å². The highest BCUT2D eigenvalue weighted by Gasteiger charge is 2.50. The van der Waals surface area contributed by atoms with Crippen molar-refractivity contribution in [1.82, 2.24) is 15.8 Å². The van der Waals surface area contributed by atoms with E-state index in [9.17, 15) is 14.4 Å². The molecule has 4 amide bonds. The molecule has 2 aromatic rings. The molecule has 1 aliphatic rings. The van der Waals surface area contributed by atoms with Crippen LogP contribution in [-0.2, 0) is 10.3 Å². The molecule has 3 rings (SSSR count). The van der Waals surface area contributed by atoms with Gasteiger partial charge in [-0.05, 0) is 48.2 Å². The molecule has 1 aliphatic heterocycles. The number of imide groups is 1. The van der Waals surface area contributed by atoms with E-state index < -0.39 is 23.4 Å². The number of ether oxygens (including phenoxy) is 1. The van der Waals surface area contributed by atoms with Gasteiger partial charge in [0.25, 0.3) is 11.8 Å². The standard InChI is InChI=1S/C21H23N3O4/c1-13(2)14-8-10-15(11-9-14)18(25)23-24-19(26)21(3,22-20(24)27)16-6-5-7-17(12-16)28-4/h5-13H,1-4H3,(H,22,27)(H,23,25)/t21-/m1/s1. The Hall–Kier alpha value is -3.35. The van der Waals surface area contributed by atoms with Crippen molar-refractivity contribution < 1.29 is 19.1 Å². The molecular formula is C21H23N3O4. The molecule has 28 heavy (non-hydrogen) atoms. The van der Waals surface area contributed by atoms with Crippen molar-refractivity contribution in [3.05, 3.63) is 65.2 Å². The van der Waals surface area contributed by atoms with Gasteiger partial charge in [0.2, 0.25) is 0 Å². The first kappa shape index (κ1) is 19.4. The zero-order valence-electron chi connectivity index (χ0n) is 16.3. The van der Waals surface area contributed by atoms with Gasteiger partial charge in [-0.1, -0.05) is 38.1 Å². The minimum atomic E-state index is -1.31. The van der Waals surface area contributed by atoms with Crippen LogP contribution in [0.5, 0.6) is 5.75 Å². The van der Waals surface area contributed by atoms with Crippen molar-refractivity contribution in [2.75, 3.05) is 7.11 Å². The average Bonchev–Trinajstić information content (AvgIpc) is 2.92. The molecule has 0 unspecified atom stereocenters. The number of carbonyl (C=O) groups is 3. The van der Waals surface area contributed by atoms with Crippen LogP contribution in [0.2, 0.25) is 0 Å². The van der Waals surface area contributed by atoms with Gasteiger partial charge in [0.15, 0.2) is 0 Å². The fraction of sp³-hybridized carbons (Fsp3) is 0.286. The first-order chi connectivity index (χ1) is 13.3. The Labute approximate surface area is 163 Å². The molecule has 1 fully saturated rings. The summed E-state index contributed by atoms with van der Waals surface area (Å²) in [5, 5.41) is 3.37. The molecule has 7 heteroatoms. The molecule has 0 bridgehead atoms. The summed E-state index contributed by atoms with van der Waals surface area (Å²) in [6.07, 6.45) is 0. The van der Waals surface area contributed by atoms with Crippen LogP contribution in [-0.4, -0.2) is 30.0 Å². The van der Waals surface area contributed by atoms with Crippen molar-refractivity contribution in [1.29, 1.82) is 0 Å². The van der Waals surface area contributed by atoms with Gasteiger partial charge < -0.3 is 10.1 Å². The van der Waals surface area contributed by atoms with E-state index in [0.717, 1.165) is 10.6 Å². The number of hydrogen-bond donors (Lipinski definition) is 2. The molecule has 0 spiro atoms. The molecule has 0 aromatic heterocycles. The molecule has 2 aromatic carbocycles. The molecule has 2 N–H and O–H groups in total. The first-order valence-corrected chi connectivity index (χ1v) is 8.98. The second kappa shape index (κ2) is 7.34. The van der Waals surface area contributed by atoms with Crippen molar-refractivity contribution >= 4 is 17.8 Å². The number of hydrogen-bond acceptors (Lipinski definition) is 4. The van der Waals surface area contributed by atoms with Crippen molar-refractivity contribution in [3.8, 4) is 5.75 Å². The Morgan fingerprint density at radius 1 is 1.14 bits per heavy atom. The van der Waals surface area contributed by atoms with Gasteiger partial charge in [0, 0.05) is 5.56 Å². The predicted octanol–water partition coefficient (Wildman–Crippen LogP) is 2.93. The van der Waals surface area contributed by atoms with E-state index >= 15 is 0 Å². The quantitative estimate of drug-likeness (QED) is 0.780. The molecule has 0 radical (unpaired) electrons. The second-order valence-corrected chi connectivity index (χ2v) is 7.15. The number of hydrazine groups is 1. The number of benzene rings is 2. The maximum Gasteiger partial charge on any atom is 0.344 e. The summed E-state index contributed by atoms with van der Waals surface area (Å²) in [6, 6.07) is 13.2. The SMILES string of the molecule is COc1cccc([C@@]2(C)NC(=O)N(NC(=O)c3ccc(C(C)C)cc3)C2=O)c1. The van der Waals surface area contributed by atoms with E-state index in [0.29, 0.717) is 22.8 Å². The van der Waals surface area contributed by atoms with E-state index in [2.05, 4.69) is 24.6 Å². The van der Waals surface area contributed by atoms with Crippen LogP contribution in [0.25, 0.3) is 0 Å². The largest absolute Gasteiger partial charge is 0.497 e. The Morgan fingerprint density at radius 2 is 1.82 bits per heavy atom. The van der Waals surface area contributed by atoms with Gasteiger partial charge in [-0.25, -0.2) is 4.79 Å². The number of nitrogens with zero attached hydrogens (tertiary/aromatic N) is 1. The Kier molecular flexibility index (Phi) is 5.09. The van der Waals surface area contributed by atoms with E-state index in [1.54, 1.807) is 43.3 Å². The number of carbonyl (C=O) groups excluding carboxylic acids is 3. The van der Waals surface area contributed by atoms with Gasteiger partial charge in [0.1, 0.15) is 11.3 Å². The maximum atomic E-state index is 12.9. The lowest BCUT2D eigenvalue weighted by Crippen LogP contribution is -2.47. The summed E-state index contributed by atoms with van der Waals surface area (Å²) in [5.74, 6) is -0.202. The molecule has 1 saturated heterocycles. The lowest BCUT2D eigenvalue weighted by molar-refractivity contribution is -0.132. The summed E-state index contributed by atoms with van der Waals surface area (Å²) in [7, 11) is 1.52. The van der Waals surface area contributed by atoms with E-state index in [1.165, 1.54) is 7.11 Å². The van der Waals surface area contributed by atoms with Crippen LogP contribution in [0, 0.1) is 0 Å². The number of amides is 4. The molecule has 146 valence electrons. The van der Waals surface area contributed by atoms with E-state index in [-0.39, 0.29) is 0 Å². The Bertz CT molecular complexity index is 924. The average molecular weight is 381 g/mol. The number of urea groups is 1. The number of rotatable bonds is 5. The minimum Gasteiger partial charge on any atom is -0.497 e. The molecule has 1 heterocycles. The highest BCUT2D eigenvalue weighted by Crippen LogP contribution is 2.30. The molecule has 0 saturated carbocycles. The molecular weight excluding hydrogens is 358 g/mol. The maximum absolute atomic E-state index is 12.9. The van der Waals surface area contributed by atoms with Crippen LogP contribution in [0.4, 0.5) is 4.79 Å². The monoisotopic (exact) mass is 381 g/mol. The van der Waals surface area contributed by atoms with Crippen LogP contribution < -0.4 is 15.5 Å². The van der Waals surface area contributed by atoms with Gasteiger partial charge in [0.05, 0.1) is 7.11 Å². The van der Waals surface area contributed by atoms with Crippen molar-refractivity contribution in [2.24, 2.45) is 0 Å². The molecule has 1 atom stereocenters. The van der Waals surface area contributed by atoms with Crippen LogP contribution in [0.3, 0.4) is 0 Å². The zero-order valence-corrected chi connectivity index (χ0v) is 16.3. The fourth-order valence-electron chi connectivity index (χ4n) is 3.06. The first-order valence-electron chi connectivity index (χ1n) is 8.98. The summed E-state index contributed by atoms with van der Waals surface area (Å²) in [4.78, 5) is 37.8. The van der Waals surface area contributed by atoms with Crippen molar-refractivity contribution in [2.45, 2.75) is 32.2 Å². The van der Waals surface area contributed by atoms with Gasteiger partial charge in [-0.2, -0.15) is 5.01 Å². The van der Waals surface area contributed by atoms with Crippen LogP contribution >= 0.6 is 0 Å². The third kappa shape index (κ3) is 3.43. The smallest absolute Gasteiger partial charge is 0.344 e. The predicted molar refractivity (Wildman–Crippen MR) is 104 cm³/mol. The lowest BCUT2D eigenvalue weighted by atomic mass is 9.92. The molecule has 7 nitrogen and oxygen atoms in total. The molecule has 0 aliphatic carbocycles. The zero-order chi connectivity index (χ0) is 20.5. The van der Waals surface area contributed by atoms with Gasteiger partial charge >= 0.3 is 6.03 Å².